The van der Waals surface area contributed by atoms with Gasteiger partial charge in [-0.15, -0.1) is 0 Å². The summed E-state index contributed by atoms with van der Waals surface area (Å²) in [7, 11) is -2.59. The molecule has 6 nitrogen and oxygen atoms in total. The Labute approximate surface area is 128 Å². The summed E-state index contributed by atoms with van der Waals surface area (Å²) < 4.78 is 4.28. The van der Waals surface area contributed by atoms with Crippen LogP contribution >= 0.6 is 0 Å². The van der Waals surface area contributed by atoms with Crippen molar-refractivity contribution in [3.63, 3.8) is 0 Å². The second-order valence-corrected chi connectivity index (χ2v) is 2.60. The van der Waals surface area contributed by atoms with Crippen molar-refractivity contribution in [3.05, 3.63) is 28.8 Å². The molecule has 0 bridgehead atoms. The minimum absolute atomic E-state index is 0. The molecule has 0 atom stereocenters. The number of benzene rings is 1. The van der Waals surface area contributed by atoms with E-state index in [1.807, 2.05) is 0 Å². The minimum atomic E-state index is -2.59. The van der Waals surface area contributed by atoms with E-state index in [0.717, 1.165) is 6.07 Å². The number of nitrogens with zero attached hydrogens (tertiary/aromatic N) is 3. The van der Waals surface area contributed by atoms with Crippen LogP contribution in [0.4, 0.5) is 0 Å². The monoisotopic (exact) mass is 225 g/mol. The minimum Gasteiger partial charge on any atom is -0.860 e. The molecule has 0 amide bonds. The van der Waals surface area contributed by atoms with Crippen LogP contribution in [-0.4, -0.2) is 7.32 Å². The van der Waals surface area contributed by atoms with Crippen molar-refractivity contribution >= 4 is 7.32 Å². The van der Waals surface area contributed by atoms with Gasteiger partial charge in [-0.3, -0.25) is 0 Å². The third kappa shape index (κ3) is 4.16. The average molecular weight is 225 g/mol. The van der Waals surface area contributed by atoms with Gasteiger partial charge in [-0.25, -0.2) is 0 Å². The fourth-order valence-corrected chi connectivity index (χ4v) is 1.11. The topological polar surface area (TPSA) is 127 Å². The summed E-state index contributed by atoms with van der Waals surface area (Å²) in [6.07, 6.45) is 0. The Bertz CT molecular complexity index is 546. The summed E-state index contributed by atoms with van der Waals surface area (Å²) in [5.41, 5.74) is -0.499. The Kier molecular flexibility index (Phi) is 9.21. The Morgan fingerprint density at radius 3 is 1.89 bits per heavy atom. The molecule has 9 heteroatoms. The van der Waals surface area contributed by atoms with Crippen LogP contribution in [-0.2, 0) is 0 Å². The van der Waals surface area contributed by atoms with E-state index in [2.05, 4.69) is 4.65 Å². The Morgan fingerprint density at radius 1 is 0.944 bits per heavy atom. The first-order valence-corrected chi connectivity index (χ1v) is 3.99. The van der Waals surface area contributed by atoms with Gasteiger partial charge in [0.25, 0.3) is 0 Å². The number of nitriles is 3. The standard InChI is InChI=1S/C9H2BN3O3.2Li/c11-3-6-1-2-9(16-10(14)15)8(5-13)7(6)4-12;;/h1-2H;;/q-2;2*+1. The molecule has 0 aliphatic rings. The second-order valence-electron chi connectivity index (χ2n) is 2.60. The van der Waals surface area contributed by atoms with Gasteiger partial charge >= 0.3 is 37.7 Å². The van der Waals surface area contributed by atoms with E-state index in [-0.39, 0.29) is 60.2 Å². The second kappa shape index (κ2) is 8.72. The third-order valence-corrected chi connectivity index (χ3v) is 1.73. The molecule has 76 valence electrons. The average Bonchev–Trinajstić information content (AvgIpc) is 2.27. The SMILES string of the molecule is N#Cc1ccc(OB([O-])[O-])c(C#N)c1C#N.[Li+].[Li+]. The van der Waals surface area contributed by atoms with E-state index >= 15 is 0 Å². The van der Waals surface area contributed by atoms with Crippen LogP contribution in [0.2, 0.25) is 0 Å². The summed E-state index contributed by atoms with van der Waals surface area (Å²) in [6, 6.07) is 7.33. The van der Waals surface area contributed by atoms with Gasteiger partial charge in [-0.05, 0) is 12.1 Å². The molecule has 0 N–H and O–H groups in total. The molecular formula is C9H2BLi2N3O3. The number of hydrogen-bond acceptors (Lipinski definition) is 6. The van der Waals surface area contributed by atoms with Gasteiger partial charge in [0, 0.05) is 0 Å². The van der Waals surface area contributed by atoms with Crippen molar-refractivity contribution in [2.75, 3.05) is 0 Å². The molecule has 0 heterocycles. The molecule has 0 unspecified atom stereocenters. The van der Waals surface area contributed by atoms with E-state index in [1.54, 1.807) is 18.2 Å². The Hall–Kier alpha value is -1.33. The number of rotatable bonds is 2. The number of hydrogen-bond donors (Lipinski definition) is 0. The van der Waals surface area contributed by atoms with Crippen molar-refractivity contribution in [2.24, 2.45) is 0 Å². The van der Waals surface area contributed by atoms with Gasteiger partial charge in [0.1, 0.15) is 36.8 Å². The van der Waals surface area contributed by atoms with Gasteiger partial charge in [0.15, 0.2) is 0 Å². The van der Waals surface area contributed by atoms with E-state index in [0.29, 0.717) is 0 Å². The predicted octanol–water partition coefficient (Wildman–Crippen LogP) is -7.61. The van der Waals surface area contributed by atoms with Crippen LogP contribution in [0.3, 0.4) is 0 Å². The Morgan fingerprint density at radius 2 is 1.50 bits per heavy atom. The summed E-state index contributed by atoms with van der Waals surface area (Å²) >= 11 is 0. The molecule has 0 aliphatic carbocycles. The summed E-state index contributed by atoms with van der Waals surface area (Å²) in [5, 5.41) is 46.8. The first-order chi connectivity index (χ1) is 7.63. The fourth-order valence-electron chi connectivity index (χ4n) is 1.11. The van der Waals surface area contributed by atoms with Crippen LogP contribution in [0, 0.1) is 34.0 Å². The van der Waals surface area contributed by atoms with Gasteiger partial charge in [-0.2, -0.15) is 15.8 Å². The molecule has 0 fully saturated rings. The smallest absolute Gasteiger partial charge is 0.860 e. The van der Waals surface area contributed by atoms with Gasteiger partial charge in [-0.1, -0.05) is 0 Å². The van der Waals surface area contributed by atoms with E-state index in [1.165, 1.54) is 6.07 Å². The predicted molar refractivity (Wildman–Crippen MR) is 47.0 cm³/mol. The largest absolute Gasteiger partial charge is 1.00 e. The van der Waals surface area contributed by atoms with E-state index in [9.17, 15) is 10.0 Å². The van der Waals surface area contributed by atoms with Crippen molar-refractivity contribution < 1.29 is 52.4 Å². The summed E-state index contributed by atoms with van der Waals surface area (Å²) in [5.74, 6) is -0.284. The van der Waals surface area contributed by atoms with Crippen LogP contribution < -0.4 is 52.4 Å². The molecule has 0 aromatic heterocycles. The zero-order chi connectivity index (χ0) is 12.1. The maximum Gasteiger partial charge on any atom is 1.00 e. The van der Waals surface area contributed by atoms with Crippen molar-refractivity contribution in [3.8, 4) is 24.0 Å². The molecule has 1 aromatic rings. The van der Waals surface area contributed by atoms with Gasteiger partial charge < -0.3 is 14.7 Å². The van der Waals surface area contributed by atoms with Crippen LogP contribution in [0.25, 0.3) is 0 Å². The first-order valence-electron chi connectivity index (χ1n) is 3.99. The van der Waals surface area contributed by atoms with E-state index in [4.69, 9.17) is 15.8 Å². The normalized spacial score (nSPS) is 7.50. The molecule has 18 heavy (non-hydrogen) atoms. The van der Waals surface area contributed by atoms with Crippen molar-refractivity contribution in [1.29, 1.82) is 15.8 Å². The maximum absolute atomic E-state index is 10.3. The van der Waals surface area contributed by atoms with Crippen LogP contribution in [0.1, 0.15) is 16.7 Å². The molecular weight excluding hydrogens is 223 g/mol. The zero-order valence-electron chi connectivity index (χ0n) is 9.80. The van der Waals surface area contributed by atoms with Crippen LogP contribution in [0.5, 0.6) is 5.75 Å². The van der Waals surface area contributed by atoms with Gasteiger partial charge in [0.05, 0.1) is 11.1 Å². The summed E-state index contributed by atoms with van der Waals surface area (Å²) in [6.45, 7) is 0. The molecule has 1 rings (SSSR count). The third-order valence-electron chi connectivity index (χ3n) is 1.73. The molecule has 0 saturated carbocycles. The molecule has 0 aliphatic heterocycles. The van der Waals surface area contributed by atoms with E-state index < -0.39 is 7.32 Å². The van der Waals surface area contributed by atoms with Crippen molar-refractivity contribution in [2.45, 2.75) is 0 Å². The van der Waals surface area contributed by atoms with Crippen LogP contribution in [0.15, 0.2) is 12.1 Å². The summed E-state index contributed by atoms with van der Waals surface area (Å²) in [4.78, 5) is 0. The fraction of sp³-hybridized carbons (Fsp3) is 0. The Balaban J connectivity index is 0. The van der Waals surface area contributed by atoms with Gasteiger partial charge in [0.2, 0.25) is 0 Å². The quantitative estimate of drug-likeness (QED) is 0.460. The maximum atomic E-state index is 10.3. The zero-order valence-corrected chi connectivity index (χ0v) is 9.80. The first kappa shape index (κ1) is 19.0. The molecule has 1 aromatic carbocycles. The molecule has 0 spiro atoms. The molecule has 0 radical (unpaired) electrons. The molecule has 0 saturated heterocycles. The van der Waals surface area contributed by atoms with Crippen molar-refractivity contribution in [1.82, 2.24) is 0 Å².